The molecule has 1 N–H and O–H groups in total. The maximum Gasteiger partial charge on any atom is 0.232 e. The molecule has 0 spiro atoms. The van der Waals surface area contributed by atoms with E-state index in [0.29, 0.717) is 24.1 Å². The van der Waals surface area contributed by atoms with Crippen LogP contribution in [0.2, 0.25) is 0 Å². The van der Waals surface area contributed by atoms with Crippen LogP contribution in [0.25, 0.3) is 0 Å². The molecule has 0 amide bonds. The lowest BCUT2D eigenvalue weighted by molar-refractivity contribution is 0.0982. The molecule has 0 fully saturated rings. The van der Waals surface area contributed by atoms with Crippen molar-refractivity contribution in [1.29, 1.82) is 0 Å². The van der Waals surface area contributed by atoms with Gasteiger partial charge in [0.05, 0.1) is 5.75 Å². The number of ketones is 1. The standard InChI is InChI=1S/C14H21NO3S/c1-3-5-10-19(17,18)15-13-9-6-8-12(11-13)14(16)7-4-2/h6,8-9,11,15H,3-5,7,10H2,1-2H3. The summed E-state index contributed by atoms with van der Waals surface area (Å²) in [5, 5.41) is 0. The Bertz CT molecular complexity index is 523. The van der Waals surface area contributed by atoms with Crippen LogP contribution in [0.3, 0.4) is 0 Å². The molecule has 0 saturated carbocycles. The molecule has 1 aromatic rings. The summed E-state index contributed by atoms with van der Waals surface area (Å²) in [7, 11) is -3.31. The van der Waals surface area contributed by atoms with E-state index in [1.54, 1.807) is 24.3 Å². The van der Waals surface area contributed by atoms with Crippen molar-refractivity contribution in [2.75, 3.05) is 10.5 Å². The first-order chi connectivity index (χ1) is 8.98. The van der Waals surface area contributed by atoms with Crippen molar-refractivity contribution in [3.05, 3.63) is 29.8 Å². The Morgan fingerprint density at radius 1 is 1.21 bits per heavy atom. The monoisotopic (exact) mass is 283 g/mol. The molecule has 0 aliphatic carbocycles. The predicted octanol–water partition coefficient (Wildman–Crippen LogP) is 3.21. The summed E-state index contributed by atoms with van der Waals surface area (Å²) in [6.07, 6.45) is 2.72. The Morgan fingerprint density at radius 3 is 2.58 bits per heavy atom. The molecule has 0 bridgehead atoms. The van der Waals surface area contributed by atoms with Gasteiger partial charge < -0.3 is 0 Å². The third-order valence-electron chi connectivity index (χ3n) is 2.70. The van der Waals surface area contributed by atoms with Gasteiger partial charge in [0.25, 0.3) is 0 Å². The average molecular weight is 283 g/mol. The van der Waals surface area contributed by atoms with Gasteiger partial charge >= 0.3 is 0 Å². The van der Waals surface area contributed by atoms with Gasteiger partial charge in [0.1, 0.15) is 0 Å². The number of rotatable bonds is 8. The molecule has 0 atom stereocenters. The van der Waals surface area contributed by atoms with Gasteiger partial charge in [-0.3, -0.25) is 9.52 Å². The second-order valence-electron chi connectivity index (χ2n) is 4.53. The molecular weight excluding hydrogens is 262 g/mol. The van der Waals surface area contributed by atoms with Crippen LogP contribution in [0.15, 0.2) is 24.3 Å². The largest absolute Gasteiger partial charge is 0.294 e. The molecule has 4 nitrogen and oxygen atoms in total. The Morgan fingerprint density at radius 2 is 1.95 bits per heavy atom. The molecule has 0 saturated heterocycles. The highest BCUT2D eigenvalue weighted by Crippen LogP contribution is 2.15. The van der Waals surface area contributed by atoms with Crippen LogP contribution in [0.5, 0.6) is 0 Å². The van der Waals surface area contributed by atoms with Crippen LogP contribution in [0, 0.1) is 0 Å². The maximum absolute atomic E-state index is 11.8. The van der Waals surface area contributed by atoms with Gasteiger partial charge in [-0.2, -0.15) is 0 Å². The van der Waals surface area contributed by atoms with E-state index in [4.69, 9.17) is 0 Å². The number of benzene rings is 1. The molecule has 0 unspecified atom stereocenters. The summed E-state index contributed by atoms with van der Waals surface area (Å²) >= 11 is 0. The third kappa shape index (κ3) is 5.42. The van der Waals surface area contributed by atoms with Gasteiger partial charge in [-0.1, -0.05) is 32.4 Å². The highest BCUT2D eigenvalue weighted by Gasteiger charge is 2.11. The highest BCUT2D eigenvalue weighted by molar-refractivity contribution is 7.92. The first-order valence-electron chi connectivity index (χ1n) is 6.62. The topological polar surface area (TPSA) is 63.2 Å². The molecule has 19 heavy (non-hydrogen) atoms. The van der Waals surface area contributed by atoms with Crippen LogP contribution in [0.1, 0.15) is 49.9 Å². The van der Waals surface area contributed by atoms with E-state index in [1.165, 1.54) is 0 Å². The van der Waals surface area contributed by atoms with Crippen molar-refractivity contribution < 1.29 is 13.2 Å². The molecule has 0 aliphatic rings. The number of anilines is 1. The number of sulfonamides is 1. The van der Waals surface area contributed by atoms with Gasteiger partial charge in [0, 0.05) is 17.7 Å². The van der Waals surface area contributed by atoms with Gasteiger partial charge in [-0.15, -0.1) is 0 Å². The first-order valence-corrected chi connectivity index (χ1v) is 8.27. The SMILES string of the molecule is CCCCS(=O)(=O)Nc1cccc(C(=O)CCC)c1. The number of unbranched alkanes of at least 4 members (excludes halogenated alkanes) is 1. The van der Waals surface area contributed by atoms with Crippen molar-refractivity contribution in [3.8, 4) is 0 Å². The Labute approximate surface area is 115 Å². The Balaban J connectivity index is 2.80. The molecule has 5 heteroatoms. The average Bonchev–Trinajstić information content (AvgIpc) is 2.36. The molecule has 1 rings (SSSR count). The summed E-state index contributed by atoms with van der Waals surface area (Å²) in [6, 6.07) is 6.66. The number of hydrogen-bond acceptors (Lipinski definition) is 3. The van der Waals surface area contributed by atoms with E-state index in [0.717, 1.165) is 12.8 Å². The fraction of sp³-hybridized carbons (Fsp3) is 0.500. The number of nitrogens with one attached hydrogen (secondary N) is 1. The van der Waals surface area contributed by atoms with E-state index in [1.807, 2.05) is 13.8 Å². The minimum absolute atomic E-state index is 0.0390. The van der Waals surface area contributed by atoms with Crippen LogP contribution in [-0.4, -0.2) is 20.0 Å². The lowest BCUT2D eigenvalue weighted by atomic mass is 10.1. The van der Waals surface area contributed by atoms with Crippen molar-refractivity contribution in [2.45, 2.75) is 39.5 Å². The summed E-state index contributed by atoms with van der Waals surface area (Å²) in [4.78, 5) is 11.8. The minimum Gasteiger partial charge on any atom is -0.294 e. The molecule has 0 radical (unpaired) electrons. The van der Waals surface area contributed by atoms with Gasteiger partial charge in [-0.05, 0) is 25.0 Å². The lowest BCUT2D eigenvalue weighted by Crippen LogP contribution is -2.16. The van der Waals surface area contributed by atoms with Crippen LogP contribution >= 0.6 is 0 Å². The predicted molar refractivity (Wildman–Crippen MR) is 78.0 cm³/mol. The van der Waals surface area contributed by atoms with E-state index < -0.39 is 10.0 Å². The molecule has 0 heterocycles. The van der Waals surface area contributed by atoms with E-state index >= 15 is 0 Å². The zero-order valence-electron chi connectivity index (χ0n) is 11.5. The summed E-state index contributed by atoms with van der Waals surface area (Å²) in [5.41, 5.74) is 1.01. The van der Waals surface area contributed by atoms with Crippen molar-refractivity contribution >= 4 is 21.5 Å². The van der Waals surface area contributed by atoms with Gasteiger partial charge in [0.15, 0.2) is 5.78 Å². The minimum atomic E-state index is -3.31. The quantitative estimate of drug-likeness (QED) is 0.745. The van der Waals surface area contributed by atoms with Crippen LogP contribution < -0.4 is 4.72 Å². The molecule has 0 aliphatic heterocycles. The highest BCUT2D eigenvalue weighted by atomic mass is 32.2. The van der Waals surface area contributed by atoms with Gasteiger partial charge in [-0.25, -0.2) is 8.42 Å². The van der Waals surface area contributed by atoms with Crippen molar-refractivity contribution in [3.63, 3.8) is 0 Å². The van der Waals surface area contributed by atoms with Crippen molar-refractivity contribution in [1.82, 2.24) is 0 Å². The van der Waals surface area contributed by atoms with E-state index in [9.17, 15) is 13.2 Å². The number of hydrogen-bond donors (Lipinski definition) is 1. The fourth-order valence-electron chi connectivity index (χ4n) is 1.69. The Hall–Kier alpha value is -1.36. The zero-order chi connectivity index (χ0) is 14.3. The van der Waals surface area contributed by atoms with E-state index in [2.05, 4.69) is 4.72 Å². The second kappa shape index (κ2) is 7.28. The zero-order valence-corrected chi connectivity index (χ0v) is 12.3. The number of carbonyl (C=O) groups excluding carboxylic acids is 1. The maximum atomic E-state index is 11.8. The van der Waals surface area contributed by atoms with Crippen LogP contribution in [0.4, 0.5) is 5.69 Å². The first kappa shape index (κ1) is 15.7. The fourth-order valence-corrected chi connectivity index (χ4v) is 2.95. The molecule has 106 valence electrons. The smallest absolute Gasteiger partial charge is 0.232 e. The number of Topliss-reactive ketones (excluding diaryl/α,β-unsaturated/α-hetero) is 1. The molecule has 1 aromatic carbocycles. The normalized spacial score (nSPS) is 11.3. The van der Waals surface area contributed by atoms with Gasteiger partial charge in [0.2, 0.25) is 10.0 Å². The Kier molecular flexibility index (Phi) is 6.02. The summed E-state index contributed by atoms with van der Waals surface area (Å²) in [6.45, 7) is 3.88. The van der Waals surface area contributed by atoms with Crippen LogP contribution in [-0.2, 0) is 10.0 Å². The lowest BCUT2D eigenvalue weighted by Gasteiger charge is -2.08. The second-order valence-corrected chi connectivity index (χ2v) is 6.37. The van der Waals surface area contributed by atoms with Crippen molar-refractivity contribution in [2.24, 2.45) is 0 Å². The van der Waals surface area contributed by atoms with E-state index in [-0.39, 0.29) is 11.5 Å². The summed E-state index contributed by atoms with van der Waals surface area (Å²) in [5.74, 6) is 0.147. The molecule has 0 aromatic heterocycles. The third-order valence-corrected chi connectivity index (χ3v) is 4.07. The summed E-state index contributed by atoms with van der Waals surface area (Å²) < 4.78 is 26.0. The number of carbonyl (C=O) groups is 1. The molecular formula is C14H21NO3S.